The molecule has 0 aliphatic heterocycles. The Morgan fingerprint density at radius 2 is 2.05 bits per heavy atom. The number of benzene rings is 1. The number of nitrogens with one attached hydrogen (secondary N) is 1. The highest BCUT2D eigenvalue weighted by Gasteiger charge is 2.16. The van der Waals surface area contributed by atoms with Crippen LogP contribution in [-0.2, 0) is 11.2 Å². The Morgan fingerprint density at radius 1 is 1.42 bits per heavy atom. The van der Waals surface area contributed by atoms with E-state index in [1.807, 2.05) is 52.8 Å². The van der Waals surface area contributed by atoms with E-state index in [9.17, 15) is 4.79 Å². The number of carbonyl (C=O) groups is 1. The molecule has 0 aliphatic rings. The van der Waals surface area contributed by atoms with Crippen LogP contribution in [0.5, 0.6) is 0 Å². The molecule has 0 saturated heterocycles. The van der Waals surface area contributed by atoms with Gasteiger partial charge in [0.05, 0.1) is 0 Å². The minimum absolute atomic E-state index is 0.129. The Morgan fingerprint density at radius 3 is 2.53 bits per heavy atom. The fraction of sp³-hybridized carbons (Fsp3) is 0.533. The van der Waals surface area contributed by atoms with Crippen LogP contribution < -0.4 is 11.1 Å². The maximum atomic E-state index is 11.7. The summed E-state index contributed by atoms with van der Waals surface area (Å²) in [4.78, 5) is 11.7. The van der Waals surface area contributed by atoms with Gasteiger partial charge in [-0.25, -0.2) is 4.79 Å². The van der Waals surface area contributed by atoms with Gasteiger partial charge in [0.25, 0.3) is 0 Å². The fourth-order valence-electron chi connectivity index (χ4n) is 1.78. The first-order valence-electron chi connectivity index (χ1n) is 6.52. The molecule has 19 heavy (non-hydrogen) atoms. The fourth-order valence-corrected chi connectivity index (χ4v) is 1.78. The lowest BCUT2D eigenvalue weighted by Gasteiger charge is -2.20. The van der Waals surface area contributed by atoms with Crippen LogP contribution in [0.4, 0.5) is 10.5 Å². The van der Waals surface area contributed by atoms with Crippen LogP contribution in [0.3, 0.4) is 0 Å². The highest BCUT2D eigenvalue weighted by molar-refractivity contribution is 5.85. The van der Waals surface area contributed by atoms with Crippen LogP contribution in [0.25, 0.3) is 0 Å². The summed E-state index contributed by atoms with van der Waals surface area (Å²) in [5.41, 5.74) is 8.22. The molecule has 0 aromatic heterocycles. The van der Waals surface area contributed by atoms with E-state index in [-0.39, 0.29) is 6.04 Å². The molecule has 1 aromatic rings. The molecule has 0 fully saturated rings. The Labute approximate surface area is 115 Å². The Balaban J connectivity index is 2.72. The lowest BCUT2D eigenvalue weighted by Crippen LogP contribution is -2.27. The van der Waals surface area contributed by atoms with Crippen molar-refractivity contribution >= 4 is 11.8 Å². The summed E-state index contributed by atoms with van der Waals surface area (Å²) in [5, 5.41) is 2.75. The van der Waals surface area contributed by atoms with Crippen molar-refractivity contribution in [3.63, 3.8) is 0 Å². The van der Waals surface area contributed by atoms with Crippen LogP contribution in [0.2, 0.25) is 0 Å². The number of hydrogen-bond acceptors (Lipinski definition) is 3. The van der Waals surface area contributed by atoms with Crippen molar-refractivity contribution < 1.29 is 9.53 Å². The second kappa shape index (κ2) is 6.06. The smallest absolute Gasteiger partial charge is 0.412 e. The van der Waals surface area contributed by atoms with Gasteiger partial charge in [-0.2, -0.15) is 0 Å². The third-order valence-electron chi connectivity index (χ3n) is 2.48. The summed E-state index contributed by atoms with van der Waals surface area (Å²) in [6.45, 7) is 9.45. The van der Waals surface area contributed by atoms with Gasteiger partial charge in [-0.3, -0.25) is 5.32 Å². The van der Waals surface area contributed by atoms with Gasteiger partial charge in [0.15, 0.2) is 0 Å². The van der Waals surface area contributed by atoms with Gasteiger partial charge in [0, 0.05) is 11.7 Å². The molecule has 4 nitrogen and oxygen atoms in total. The van der Waals surface area contributed by atoms with Crippen molar-refractivity contribution in [1.82, 2.24) is 0 Å². The minimum Gasteiger partial charge on any atom is -0.444 e. The van der Waals surface area contributed by atoms with E-state index in [2.05, 4.69) is 5.32 Å². The summed E-state index contributed by atoms with van der Waals surface area (Å²) >= 11 is 0. The molecule has 1 aromatic carbocycles. The van der Waals surface area contributed by atoms with E-state index in [4.69, 9.17) is 10.5 Å². The highest BCUT2D eigenvalue weighted by atomic mass is 16.6. The summed E-state index contributed by atoms with van der Waals surface area (Å²) < 4.78 is 5.22. The summed E-state index contributed by atoms with van der Waals surface area (Å²) in [6, 6.07) is 6.03. The zero-order valence-corrected chi connectivity index (χ0v) is 12.4. The lowest BCUT2D eigenvalue weighted by atomic mass is 10.0. The monoisotopic (exact) mass is 264 g/mol. The maximum Gasteiger partial charge on any atom is 0.412 e. The van der Waals surface area contributed by atoms with Crippen molar-refractivity contribution in [2.24, 2.45) is 5.73 Å². The zero-order chi connectivity index (χ0) is 14.6. The summed E-state index contributed by atoms with van der Waals surface area (Å²) in [7, 11) is 0. The van der Waals surface area contributed by atoms with Gasteiger partial charge >= 0.3 is 6.09 Å². The molecule has 0 spiro atoms. The van der Waals surface area contributed by atoms with Gasteiger partial charge in [-0.05, 0) is 58.2 Å². The second-order valence-electron chi connectivity index (χ2n) is 5.96. The number of hydrogen-bond donors (Lipinski definition) is 2. The van der Waals surface area contributed by atoms with Crippen LogP contribution in [0.15, 0.2) is 18.2 Å². The standard InChI is InChI=1S/C15H24N2O2/c1-10-8-12(9-11(2)16)6-7-13(10)17-14(18)19-15(3,4)5/h6-8,11H,9,16H2,1-5H3,(H,17,18)/t11-/m0/s1. The molecule has 0 bridgehead atoms. The SMILES string of the molecule is Cc1cc(C[C@H](C)N)ccc1NC(=O)OC(C)(C)C. The molecule has 0 unspecified atom stereocenters. The van der Waals surface area contributed by atoms with E-state index < -0.39 is 11.7 Å². The van der Waals surface area contributed by atoms with Crippen molar-refractivity contribution in [3.8, 4) is 0 Å². The van der Waals surface area contributed by atoms with Crippen molar-refractivity contribution in [2.75, 3.05) is 5.32 Å². The van der Waals surface area contributed by atoms with E-state index in [0.717, 1.165) is 17.7 Å². The summed E-state index contributed by atoms with van der Waals surface area (Å²) in [6.07, 6.45) is 0.392. The average molecular weight is 264 g/mol. The molecule has 0 heterocycles. The van der Waals surface area contributed by atoms with E-state index in [1.54, 1.807) is 0 Å². The molecule has 1 rings (SSSR count). The number of amides is 1. The Bertz CT molecular complexity index is 448. The average Bonchev–Trinajstić information content (AvgIpc) is 2.18. The summed E-state index contributed by atoms with van der Waals surface area (Å²) in [5.74, 6) is 0. The van der Waals surface area contributed by atoms with Crippen LogP contribution in [0.1, 0.15) is 38.8 Å². The van der Waals surface area contributed by atoms with Gasteiger partial charge < -0.3 is 10.5 Å². The van der Waals surface area contributed by atoms with Crippen LogP contribution >= 0.6 is 0 Å². The topological polar surface area (TPSA) is 64.3 Å². The number of rotatable bonds is 3. The number of aryl methyl sites for hydroxylation is 1. The van der Waals surface area contributed by atoms with Crippen molar-refractivity contribution in [2.45, 2.75) is 52.7 Å². The maximum absolute atomic E-state index is 11.7. The number of ether oxygens (including phenoxy) is 1. The molecule has 1 amide bonds. The largest absolute Gasteiger partial charge is 0.444 e. The van der Waals surface area contributed by atoms with Gasteiger partial charge in [-0.1, -0.05) is 12.1 Å². The molecule has 3 N–H and O–H groups in total. The van der Waals surface area contributed by atoms with Gasteiger partial charge in [-0.15, -0.1) is 0 Å². The first kappa shape index (κ1) is 15.5. The van der Waals surface area contributed by atoms with Crippen molar-refractivity contribution in [3.05, 3.63) is 29.3 Å². The zero-order valence-electron chi connectivity index (χ0n) is 12.4. The number of carbonyl (C=O) groups excluding carboxylic acids is 1. The molecule has 106 valence electrons. The van der Waals surface area contributed by atoms with E-state index >= 15 is 0 Å². The molecule has 4 heteroatoms. The molecular weight excluding hydrogens is 240 g/mol. The number of nitrogens with two attached hydrogens (primary N) is 1. The Kier molecular flexibility index (Phi) is 4.95. The van der Waals surface area contributed by atoms with E-state index in [1.165, 1.54) is 5.56 Å². The van der Waals surface area contributed by atoms with E-state index in [0.29, 0.717) is 0 Å². The predicted molar refractivity (Wildman–Crippen MR) is 78.4 cm³/mol. The first-order chi connectivity index (χ1) is 8.67. The second-order valence-corrected chi connectivity index (χ2v) is 5.96. The minimum atomic E-state index is -0.493. The molecular formula is C15H24N2O2. The first-order valence-corrected chi connectivity index (χ1v) is 6.52. The molecule has 0 saturated carbocycles. The van der Waals surface area contributed by atoms with Crippen molar-refractivity contribution in [1.29, 1.82) is 0 Å². The van der Waals surface area contributed by atoms with Crippen LogP contribution in [0, 0.1) is 6.92 Å². The molecule has 0 aliphatic carbocycles. The Hall–Kier alpha value is -1.55. The van der Waals surface area contributed by atoms with Crippen LogP contribution in [-0.4, -0.2) is 17.7 Å². The normalized spacial score (nSPS) is 12.9. The third-order valence-corrected chi connectivity index (χ3v) is 2.48. The van der Waals surface area contributed by atoms with Gasteiger partial charge in [0.2, 0.25) is 0 Å². The predicted octanol–water partition coefficient (Wildman–Crippen LogP) is 3.23. The number of anilines is 1. The quantitative estimate of drug-likeness (QED) is 0.881. The van der Waals surface area contributed by atoms with Gasteiger partial charge in [0.1, 0.15) is 5.60 Å². The third kappa shape index (κ3) is 5.75. The molecule has 0 radical (unpaired) electrons. The lowest BCUT2D eigenvalue weighted by molar-refractivity contribution is 0.0636. The molecule has 1 atom stereocenters. The highest BCUT2D eigenvalue weighted by Crippen LogP contribution is 2.18.